The van der Waals surface area contributed by atoms with Crippen molar-refractivity contribution in [3.63, 3.8) is 0 Å². The average molecular weight is 294 g/mol. The second kappa shape index (κ2) is 9.77. The van der Waals surface area contributed by atoms with Gasteiger partial charge in [0, 0.05) is 24.7 Å². The lowest BCUT2D eigenvalue weighted by Crippen LogP contribution is -2.36. The molecule has 1 fully saturated rings. The number of ether oxygens (including phenoxy) is 1. The van der Waals surface area contributed by atoms with Crippen molar-refractivity contribution in [2.75, 3.05) is 32.8 Å². The van der Waals surface area contributed by atoms with E-state index in [0.29, 0.717) is 12.8 Å². The number of carboxylic acid groups (broad SMARTS) is 2. The van der Waals surface area contributed by atoms with Crippen molar-refractivity contribution in [3.8, 4) is 0 Å². The summed E-state index contributed by atoms with van der Waals surface area (Å²) in [5.41, 5.74) is -0.0375. The summed E-state index contributed by atoms with van der Waals surface area (Å²) in [6.07, 6.45) is 2.62. The fraction of sp³-hybridized carbons (Fsp3) is 0.667. The highest BCUT2D eigenvalue weighted by atomic mass is 35.5. The second-order valence-electron chi connectivity index (χ2n) is 4.22. The Hall–Kier alpha value is -1.11. The largest absolute Gasteiger partial charge is 0.478 e. The molecule has 0 aromatic heterocycles. The van der Waals surface area contributed by atoms with Gasteiger partial charge in [0.05, 0.1) is 13.2 Å². The first kappa shape index (κ1) is 17.9. The molecule has 110 valence electrons. The molecule has 0 aromatic carbocycles. The van der Waals surface area contributed by atoms with E-state index < -0.39 is 11.9 Å². The van der Waals surface area contributed by atoms with Gasteiger partial charge in [-0.15, -0.1) is 12.4 Å². The molecule has 6 nitrogen and oxygen atoms in total. The van der Waals surface area contributed by atoms with Gasteiger partial charge in [0.25, 0.3) is 0 Å². The zero-order valence-corrected chi connectivity index (χ0v) is 11.5. The molecule has 2 N–H and O–H groups in total. The molecule has 0 bridgehead atoms. The fourth-order valence-electron chi connectivity index (χ4n) is 1.87. The number of nitrogens with zero attached hydrogens (tertiary/aromatic N) is 1. The molecule has 1 aliphatic heterocycles. The molecule has 0 atom stereocenters. The van der Waals surface area contributed by atoms with Crippen molar-refractivity contribution in [2.45, 2.75) is 19.3 Å². The van der Waals surface area contributed by atoms with E-state index >= 15 is 0 Å². The topological polar surface area (TPSA) is 87.1 Å². The molecule has 7 heteroatoms. The number of hydrogen-bond acceptors (Lipinski definition) is 4. The normalized spacial score (nSPS) is 16.7. The number of carboxylic acids is 2. The van der Waals surface area contributed by atoms with Crippen molar-refractivity contribution in [1.82, 2.24) is 4.90 Å². The summed E-state index contributed by atoms with van der Waals surface area (Å²) < 4.78 is 5.23. The number of rotatable bonds is 7. The minimum atomic E-state index is -1.21. The standard InChI is InChI=1S/C12H19NO5.ClH/c14-11(15)9-10(12(16)17)3-1-2-4-13-5-7-18-8-6-13;/h9H,1-8H2,(H,14,15)(H,16,17);1H/b10-9+;. The molecule has 1 saturated heterocycles. The van der Waals surface area contributed by atoms with Gasteiger partial charge in [0.2, 0.25) is 0 Å². The minimum absolute atomic E-state index is 0. The van der Waals surface area contributed by atoms with Crippen LogP contribution < -0.4 is 0 Å². The zero-order valence-electron chi connectivity index (χ0n) is 10.7. The molecule has 1 rings (SSSR count). The Morgan fingerprint density at radius 3 is 2.32 bits per heavy atom. The van der Waals surface area contributed by atoms with Crippen LogP contribution in [0, 0.1) is 0 Å². The highest BCUT2D eigenvalue weighted by molar-refractivity contribution is 5.94. The van der Waals surface area contributed by atoms with Crippen molar-refractivity contribution in [2.24, 2.45) is 0 Å². The van der Waals surface area contributed by atoms with Crippen molar-refractivity contribution < 1.29 is 24.5 Å². The Morgan fingerprint density at radius 2 is 1.79 bits per heavy atom. The van der Waals surface area contributed by atoms with Crippen LogP contribution in [-0.4, -0.2) is 59.9 Å². The predicted molar refractivity (Wildman–Crippen MR) is 71.7 cm³/mol. The maximum atomic E-state index is 10.8. The van der Waals surface area contributed by atoms with Crippen LogP contribution in [-0.2, 0) is 14.3 Å². The first-order chi connectivity index (χ1) is 8.59. The number of morpholine rings is 1. The second-order valence-corrected chi connectivity index (χ2v) is 4.22. The molecule has 1 aliphatic rings. The maximum absolute atomic E-state index is 10.8. The van der Waals surface area contributed by atoms with E-state index in [0.717, 1.165) is 45.3 Å². The van der Waals surface area contributed by atoms with Crippen LogP contribution in [0.25, 0.3) is 0 Å². The van der Waals surface area contributed by atoms with Gasteiger partial charge in [0.1, 0.15) is 0 Å². The van der Waals surface area contributed by atoms with Crippen LogP contribution in [0.5, 0.6) is 0 Å². The van der Waals surface area contributed by atoms with Crippen LogP contribution in [0.1, 0.15) is 19.3 Å². The van der Waals surface area contributed by atoms with Crippen LogP contribution in [0.2, 0.25) is 0 Å². The Morgan fingerprint density at radius 1 is 1.16 bits per heavy atom. The molecule has 0 aromatic rings. The van der Waals surface area contributed by atoms with Gasteiger partial charge in [-0.2, -0.15) is 0 Å². The van der Waals surface area contributed by atoms with E-state index in [-0.39, 0.29) is 18.0 Å². The van der Waals surface area contributed by atoms with Crippen molar-refractivity contribution >= 4 is 24.3 Å². The quantitative estimate of drug-likeness (QED) is 0.538. The molecule has 1 heterocycles. The molecule has 0 spiro atoms. The molecular formula is C12H20ClNO5. The van der Waals surface area contributed by atoms with E-state index in [2.05, 4.69) is 4.90 Å². The highest BCUT2D eigenvalue weighted by Crippen LogP contribution is 2.09. The van der Waals surface area contributed by atoms with Crippen molar-refractivity contribution in [3.05, 3.63) is 11.6 Å². The fourth-order valence-corrected chi connectivity index (χ4v) is 1.87. The third kappa shape index (κ3) is 7.81. The number of aliphatic carboxylic acids is 2. The van der Waals surface area contributed by atoms with Crippen LogP contribution in [0.15, 0.2) is 11.6 Å². The Labute approximate surface area is 118 Å². The molecule has 0 saturated carbocycles. The lowest BCUT2D eigenvalue weighted by Gasteiger charge is -2.26. The first-order valence-corrected chi connectivity index (χ1v) is 6.06. The minimum Gasteiger partial charge on any atom is -0.478 e. The Bertz CT molecular complexity index is 326. The smallest absolute Gasteiger partial charge is 0.331 e. The van der Waals surface area contributed by atoms with Crippen LogP contribution in [0.3, 0.4) is 0 Å². The summed E-state index contributed by atoms with van der Waals surface area (Å²) in [5.74, 6) is -2.36. The lowest BCUT2D eigenvalue weighted by molar-refractivity contribution is -0.135. The van der Waals surface area contributed by atoms with Gasteiger partial charge in [0.15, 0.2) is 0 Å². The number of carbonyl (C=O) groups is 2. The van der Waals surface area contributed by atoms with Gasteiger partial charge >= 0.3 is 11.9 Å². The third-order valence-electron chi connectivity index (χ3n) is 2.85. The van der Waals surface area contributed by atoms with E-state index in [1.54, 1.807) is 0 Å². The molecule has 0 radical (unpaired) electrons. The molecular weight excluding hydrogens is 274 g/mol. The maximum Gasteiger partial charge on any atom is 0.331 e. The monoisotopic (exact) mass is 293 g/mol. The molecule has 0 amide bonds. The van der Waals surface area contributed by atoms with Gasteiger partial charge < -0.3 is 14.9 Å². The van der Waals surface area contributed by atoms with E-state index in [1.807, 2.05) is 0 Å². The molecule has 0 unspecified atom stereocenters. The summed E-state index contributed by atoms with van der Waals surface area (Å²) in [6.45, 7) is 4.23. The van der Waals surface area contributed by atoms with Gasteiger partial charge in [-0.05, 0) is 25.8 Å². The van der Waals surface area contributed by atoms with Crippen molar-refractivity contribution in [1.29, 1.82) is 0 Å². The average Bonchev–Trinajstić information content (AvgIpc) is 2.33. The van der Waals surface area contributed by atoms with Gasteiger partial charge in [-0.25, -0.2) is 9.59 Å². The lowest BCUT2D eigenvalue weighted by atomic mass is 10.1. The van der Waals surface area contributed by atoms with Crippen LogP contribution in [0.4, 0.5) is 0 Å². The number of halogens is 1. The number of unbranched alkanes of at least 4 members (excludes halogenated alkanes) is 1. The highest BCUT2D eigenvalue weighted by Gasteiger charge is 2.11. The van der Waals surface area contributed by atoms with Crippen LogP contribution >= 0.6 is 12.4 Å². The number of hydrogen-bond donors (Lipinski definition) is 2. The predicted octanol–water partition coefficient (Wildman–Crippen LogP) is 1.01. The molecule has 0 aliphatic carbocycles. The summed E-state index contributed by atoms with van der Waals surface area (Å²) in [5, 5.41) is 17.3. The summed E-state index contributed by atoms with van der Waals surface area (Å²) >= 11 is 0. The van der Waals surface area contributed by atoms with E-state index in [1.165, 1.54) is 0 Å². The van der Waals surface area contributed by atoms with Gasteiger partial charge in [-0.3, -0.25) is 4.90 Å². The summed E-state index contributed by atoms with van der Waals surface area (Å²) in [4.78, 5) is 23.5. The van der Waals surface area contributed by atoms with Gasteiger partial charge in [-0.1, -0.05) is 0 Å². The molecule has 19 heavy (non-hydrogen) atoms. The summed E-state index contributed by atoms with van der Waals surface area (Å²) in [6, 6.07) is 0. The summed E-state index contributed by atoms with van der Waals surface area (Å²) in [7, 11) is 0. The Balaban J connectivity index is 0.00000324. The third-order valence-corrected chi connectivity index (χ3v) is 2.85. The SMILES string of the molecule is Cl.O=C(O)/C=C(\CCCCN1CCOCC1)C(=O)O. The zero-order chi connectivity index (χ0) is 13.4. The Kier molecular flexibility index (Phi) is 9.20. The van der Waals surface area contributed by atoms with E-state index in [4.69, 9.17) is 14.9 Å². The first-order valence-electron chi connectivity index (χ1n) is 6.06. The van der Waals surface area contributed by atoms with E-state index in [9.17, 15) is 9.59 Å².